The zero-order valence-electron chi connectivity index (χ0n) is 9.82. The molecular weight excluding hydrogens is 202 g/mol. The molecule has 0 bridgehead atoms. The van der Waals surface area contributed by atoms with Crippen molar-refractivity contribution in [1.82, 2.24) is 4.98 Å². The minimum Gasteiger partial charge on any atom is -0.456 e. The summed E-state index contributed by atoms with van der Waals surface area (Å²) in [4.78, 5) is 15.6. The summed E-state index contributed by atoms with van der Waals surface area (Å²) in [5.74, 6) is -0.221. The lowest BCUT2D eigenvalue weighted by Crippen LogP contribution is -2.11. The average molecular weight is 219 g/mol. The molecule has 0 aromatic carbocycles. The van der Waals surface area contributed by atoms with Crippen molar-refractivity contribution < 1.29 is 9.53 Å². The Labute approximate surface area is 95.8 Å². The van der Waals surface area contributed by atoms with Crippen LogP contribution >= 0.6 is 0 Å². The molecule has 1 aromatic rings. The first-order chi connectivity index (χ1) is 7.66. The molecule has 2 rings (SSSR count). The Morgan fingerprint density at radius 2 is 2.25 bits per heavy atom. The summed E-state index contributed by atoms with van der Waals surface area (Å²) in [6, 6.07) is 4.13. The van der Waals surface area contributed by atoms with Gasteiger partial charge in [0.1, 0.15) is 6.10 Å². The van der Waals surface area contributed by atoms with Gasteiger partial charge in [-0.25, -0.2) is 0 Å². The third-order valence-corrected chi connectivity index (χ3v) is 2.93. The van der Waals surface area contributed by atoms with Gasteiger partial charge in [0.15, 0.2) is 0 Å². The molecule has 1 heterocycles. The van der Waals surface area contributed by atoms with Crippen molar-refractivity contribution in [2.24, 2.45) is 0 Å². The summed E-state index contributed by atoms with van der Waals surface area (Å²) in [7, 11) is 0. The lowest BCUT2D eigenvalue weighted by atomic mass is 10.1. The molecule has 1 atom stereocenters. The lowest BCUT2D eigenvalue weighted by molar-refractivity contribution is -0.147. The third-order valence-electron chi connectivity index (χ3n) is 2.93. The van der Waals surface area contributed by atoms with E-state index in [0.717, 1.165) is 37.1 Å². The standard InChI is InChI=1S/C13H17NO2/c1-9-7-8-11-5-3-4-6-12(13(11)14-9)16-10(2)15/h7-8,12H,3-6H2,1-2H3/t12-/m0/s1. The fraction of sp³-hybridized carbons (Fsp3) is 0.538. The van der Waals surface area contributed by atoms with E-state index in [2.05, 4.69) is 11.1 Å². The van der Waals surface area contributed by atoms with Crippen LogP contribution in [-0.4, -0.2) is 11.0 Å². The monoisotopic (exact) mass is 219 g/mol. The number of ether oxygens (including phenoxy) is 1. The van der Waals surface area contributed by atoms with Crippen molar-refractivity contribution in [3.63, 3.8) is 0 Å². The minimum atomic E-state index is -0.221. The van der Waals surface area contributed by atoms with Crippen LogP contribution in [0.15, 0.2) is 12.1 Å². The summed E-state index contributed by atoms with van der Waals surface area (Å²) in [5, 5.41) is 0. The first-order valence-electron chi connectivity index (χ1n) is 5.80. The lowest BCUT2D eigenvalue weighted by Gasteiger charge is -2.16. The van der Waals surface area contributed by atoms with Gasteiger partial charge < -0.3 is 4.74 Å². The van der Waals surface area contributed by atoms with Gasteiger partial charge >= 0.3 is 5.97 Å². The van der Waals surface area contributed by atoms with E-state index < -0.39 is 0 Å². The van der Waals surface area contributed by atoms with Gasteiger partial charge in [-0.05, 0) is 44.2 Å². The van der Waals surface area contributed by atoms with E-state index in [-0.39, 0.29) is 12.1 Å². The number of pyridine rings is 1. The number of rotatable bonds is 1. The maximum atomic E-state index is 11.1. The van der Waals surface area contributed by atoms with Crippen molar-refractivity contribution in [3.05, 3.63) is 29.1 Å². The highest BCUT2D eigenvalue weighted by atomic mass is 16.5. The van der Waals surface area contributed by atoms with E-state index in [1.165, 1.54) is 12.5 Å². The molecule has 0 saturated heterocycles. The Morgan fingerprint density at radius 1 is 1.44 bits per heavy atom. The first kappa shape index (κ1) is 11.1. The summed E-state index contributed by atoms with van der Waals surface area (Å²) < 4.78 is 5.35. The van der Waals surface area contributed by atoms with Crippen molar-refractivity contribution in [3.8, 4) is 0 Å². The topological polar surface area (TPSA) is 39.2 Å². The Balaban J connectivity index is 2.34. The smallest absolute Gasteiger partial charge is 0.303 e. The maximum Gasteiger partial charge on any atom is 0.303 e. The molecule has 3 nitrogen and oxygen atoms in total. The largest absolute Gasteiger partial charge is 0.456 e. The predicted octanol–water partition coefficient (Wildman–Crippen LogP) is 2.72. The van der Waals surface area contributed by atoms with E-state index in [0.29, 0.717) is 0 Å². The third kappa shape index (κ3) is 2.40. The molecule has 0 aliphatic heterocycles. The Morgan fingerprint density at radius 3 is 3.00 bits per heavy atom. The van der Waals surface area contributed by atoms with Crippen molar-refractivity contribution >= 4 is 5.97 Å². The molecule has 86 valence electrons. The fourth-order valence-corrected chi connectivity index (χ4v) is 2.19. The summed E-state index contributed by atoms with van der Waals surface area (Å²) >= 11 is 0. The van der Waals surface area contributed by atoms with Gasteiger partial charge in [0.2, 0.25) is 0 Å². The first-order valence-corrected chi connectivity index (χ1v) is 5.80. The summed E-state index contributed by atoms with van der Waals surface area (Å²) in [5.41, 5.74) is 3.18. The molecule has 0 spiro atoms. The van der Waals surface area contributed by atoms with Crippen LogP contribution in [0.5, 0.6) is 0 Å². The van der Waals surface area contributed by atoms with Crippen LogP contribution < -0.4 is 0 Å². The Kier molecular flexibility index (Phi) is 3.22. The molecule has 16 heavy (non-hydrogen) atoms. The number of hydrogen-bond donors (Lipinski definition) is 0. The number of aryl methyl sites for hydroxylation is 2. The van der Waals surface area contributed by atoms with Crippen LogP contribution in [-0.2, 0) is 16.0 Å². The molecule has 0 unspecified atom stereocenters. The molecule has 0 fully saturated rings. The van der Waals surface area contributed by atoms with Gasteiger partial charge in [0, 0.05) is 12.6 Å². The zero-order valence-corrected chi connectivity index (χ0v) is 9.82. The van der Waals surface area contributed by atoms with Crippen molar-refractivity contribution in [1.29, 1.82) is 0 Å². The quantitative estimate of drug-likeness (QED) is 0.538. The van der Waals surface area contributed by atoms with Gasteiger partial charge in [0.25, 0.3) is 0 Å². The van der Waals surface area contributed by atoms with E-state index in [9.17, 15) is 4.79 Å². The van der Waals surface area contributed by atoms with Gasteiger partial charge in [-0.3, -0.25) is 9.78 Å². The number of carbonyl (C=O) groups excluding carboxylic acids is 1. The number of hydrogen-bond acceptors (Lipinski definition) is 3. The second-order valence-corrected chi connectivity index (χ2v) is 4.34. The molecule has 0 saturated carbocycles. The highest BCUT2D eigenvalue weighted by Gasteiger charge is 2.22. The number of esters is 1. The van der Waals surface area contributed by atoms with Gasteiger partial charge in [-0.2, -0.15) is 0 Å². The van der Waals surface area contributed by atoms with E-state index >= 15 is 0 Å². The molecule has 1 aliphatic rings. The van der Waals surface area contributed by atoms with Crippen LogP contribution in [0.1, 0.15) is 49.2 Å². The summed E-state index contributed by atoms with van der Waals surface area (Å²) in [6.45, 7) is 3.43. The molecule has 0 radical (unpaired) electrons. The normalized spacial score (nSPS) is 19.8. The van der Waals surface area contributed by atoms with Crippen LogP contribution in [0.25, 0.3) is 0 Å². The molecule has 0 N–H and O–H groups in total. The molecule has 1 aromatic heterocycles. The van der Waals surface area contributed by atoms with E-state index in [4.69, 9.17) is 4.74 Å². The number of nitrogens with zero attached hydrogens (tertiary/aromatic N) is 1. The van der Waals surface area contributed by atoms with Gasteiger partial charge in [-0.1, -0.05) is 6.07 Å². The molecule has 3 heteroatoms. The molecular formula is C13H17NO2. The number of carbonyl (C=O) groups is 1. The highest BCUT2D eigenvalue weighted by molar-refractivity contribution is 5.66. The van der Waals surface area contributed by atoms with Crippen LogP contribution in [0.2, 0.25) is 0 Å². The van der Waals surface area contributed by atoms with Crippen LogP contribution in [0.4, 0.5) is 0 Å². The summed E-state index contributed by atoms with van der Waals surface area (Å²) in [6.07, 6.45) is 4.03. The molecule has 0 amide bonds. The zero-order chi connectivity index (χ0) is 11.5. The Hall–Kier alpha value is -1.38. The predicted molar refractivity (Wildman–Crippen MR) is 61.0 cm³/mol. The number of aromatic nitrogens is 1. The van der Waals surface area contributed by atoms with Crippen LogP contribution in [0.3, 0.4) is 0 Å². The van der Waals surface area contributed by atoms with Gasteiger partial charge in [-0.15, -0.1) is 0 Å². The SMILES string of the molecule is CC(=O)O[C@H]1CCCCc2ccc(C)nc21. The fourth-order valence-electron chi connectivity index (χ4n) is 2.19. The second-order valence-electron chi connectivity index (χ2n) is 4.34. The highest BCUT2D eigenvalue weighted by Crippen LogP contribution is 2.30. The van der Waals surface area contributed by atoms with Crippen molar-refractivity contribution in [2.45, 2.75) is 45.6 Å². The number of fused-ring (bicyclic) bond motifs is 1. The second kappa shape index (κ2) is 4.64. The average Bonchev–Trinajstić information content (AvgIpc) is 2.41. The maximum absolute atomic E-state index is 11.1. The van der Waals surface area contributed by atoms with Crippen LogP contribution in [0, 0.1) is 6.92 Å². The van der Waals surface area contributed by atoms with E-state index in [1.807, 2.05) is 13.0 Å². The van der Waals surface area contributed by atoms with Crippen molar-refractivity contribution in [2.75, 3.05) is 0 Å². The van der Waals surface area contributed by atoms with E-state index in [1.54, 1.807) is 0 Å². The Bertz CT molecular complexity index is 401. The minimum absolute atomic E-state index is 0.144. The van der Waals surface area contributed by atoms with Gasteiger partial charge in [0.05, 0.1) is 5.69 Å². The molecule has 1 aliphatic carbocycles.